The van der Waals surface area contributed by atoms with Gasteiger partial charge in [-0.1, -0.05) is 30.3 Å². The van der Waals surface area contributed by atoms with E-state index in [1.807, 2.05) is 84.9 Å². The zero-order valence-electron chi connectivity index (χ0n) is 18.7. The highest BCUT2D eigenvalue weighted by Gasteiger charge is 2.07. The van der Waals surface area contributed by atoms with Gasteiger partial charge in [0.2, 0.25) is 5.91 Å². The molecule has 3 aromatic carbocycles. The van der Waals surface area contributed by atoms with E-state index in [1.54, 1.807) is 12.4 Å². The summed E-state index contributed by atoms with van der Waals surface area (Å²) in [5, 5.41) is 13.2. The minimum absolute atomic E-state index is 0.106. The van der Waals surface area contributed by atoms with E-state index in [0.29, 0.717) is 5.11 Å². The van der Waals surface area contributed by atoms with Gasteiger partial charge in [-0.05, 0) is 77.9 Å². The minimum Gasteiger partial charge on any atom is -0.381 e. The van der Waals surface area contributed by atoms with Crippen LogP contribution in [0.5, 0.6) is 0 Å². The second-order valence-electron chi connectivity index (χ2n) is 7.67. The molecule has 0 aliphatic rings. The Morgan fingerprint density at radius 3 is 2.26 bits per heavy atom. The molecule has 34 heavy (non-hydrogen) atoms. The summed E-state index contributed by atoms with van der Waals surface area (Å²) >= 11 is 5.51. The fourth-order valence-electron chi connectivity index (χ4n) is 3.47. The lowest BCUT2D eigenvalue weighted by Gasteiger charge is -2.14. The van der Waals surface area contributed by atoms with Gasteiger partial charge < -0.3 is 21.3 Å². The molecule has 1 amide bonds. The zero-order valence-corrected chi connectivity index (χ0v) is 19.5. The van der Waals surface area contributed by atoms with Crippen molar-refractivity contribution >= 4 is 46.0 Å². The van der Waals surface area contributed by atoms with E-state index >= 15 is 0 Å². The van der Waals surface area contributed by atoms with E-state index in [9.17, 15) is 4.79 Å². The number of rotatable bonds is 7. The third kappa shape index (κ3) is 6.40. The molecule has 1 aromatic heterocycles. The number of para-hydroxylation sites is 1. The quantitative estimate of drug-likeness (QED) is 0.245. The number of benzene rings is 3. The van der Waals surface area contributed by atoms with E-state index in [0.717, 1.165) is 40.4 Å². The maximum absolute atomic E-state index is 11.6. The summed E-state index contributed by atoms with van der Waals surface area (Å²) in [5.41, 5.74) is 6.61. The normalized spacial score (nSPS) is 10.3. The van der Waals surface area contributed by atoms with Crippen molar-refractivity contribution in [3.05, 3.63) is 103 Å². The molecule has 4 rings (SSSR count). The van der Waals surface area contributed by atoms with Crippen LogP contribution in [0.2, 0.25) is 0 Å². The molecular weight excluding hydrogens is 442 g/mol. The second kappa shape index (κ2) is 11.1. The Labute approximate surface area is 204 Å². The highest BCUT2D eigenvalue weighted by Crippen LogP contribution is 2.29. The number of nitrogens with one attached hydrogen (secondary N) is 4. The van der Waals surface area contributed by atoms with Crippen LogP contribution in [0.3, 0.4) is 0 Å². The first kappa shape index (κ1) is 22.9. The molecule has 0 unspecified atom stereocenters. The number of hydrogen-bond acceptors (Lipinski definition) is 4. The Hall–Kier alpha value is -4.23. The Morgan fingerprint density at radius 2 is 1.50 bits per heavy atom. The molecule has 0 saturated heterocycles. The Balaban J connectivity index is 1.37. The first-order valence-corrected chi connectivity index (χ1v) is 11.3. The van der Waals surface area contributed by atoms with Gasteiger partial charge in [0.1, 0.15) is 0 Å². The summed E-state index contributed by atoms with van der Waals surface area (Å²) in [7, 11) is 0. The van der Waals surface area contributed by atoms with E-state index in [4.69, 9.17) is 12.2 Å². The fourth-order valence-corrected chi connectivity index (χ4v) is 3.70. The molecule has 0 fully saturated rings. The number of anilines is 4. The number of carbonyl (C=O) groups excluding carboxylic acids is 1. The molecule has 0 spiro atoms. The van der Waals surface area contributed by atoms with Crippen molar-refractivity contribution in [3.8, 4) is 11.1 Å². The molecule has 0 saturated carbocycles. The standard InChI is InChI=1S/C27H25N5OS/c1-19(33)30-26-8-3-2-7-25(26)21-5-4-6-24(17-21)32-27(34)31-23-11-9-22(10-12-23)29-18-20-13-15-28-16-14-20/h2-17,29H,18H2,1H3,(H,30,33)(H2,31,32,34). The average molecular weight is 468 g/mol. The average Bonchev–Trinajstić information content (AvgIpc) is 2.84. The van der Waals surface area contributed by atoms with Gasteiger partial charge in [-0.2, -0.15) is 0 Å². The molecule has 0 aliphatic heterocycles. The molecule has 1 heterocycles. The van der Waals surface area contributed by atoms with Crippen LogP contribution in [0.4, 0.5) is 22.7 Å². The number of thiocarbonyl (C=S) groups is 1. The predicted octanol–water partition coefficient (Wildman–Crippen LogP) is 6.13. The van der Waals surface area contributed by atoms with Gasteiger partial charge in [0.15, 0.2) is 5.11 Å². The summed E-state index contributed by atoms with van der Waals surface area (Å²) in [4.78, 5) is 15.6. The molecule has 0 atom stereocenters. The summed E-state index contributed by atoms with van der Waals surface area (Å²) in [6.45, 7) is 2.24. The highest BCUT2D eigenvalue weighted by atomic mass is 32.1. The smallest absolute Gasteiger partial charge is 0.221 e. The van der Waals surface area contributed by atoms with Gasteiger partial charge >= 0.3 is 0 Å². The van der Waals surface area contributed by atoms with Crippen LogP contribution < -0.4 is 21.3 Å². The lowest BCUT2D eigenvalue weighted by Crippen LogP contribution is -2.19. The van der Waals surface area contributed by atoms with Gasteiger partial charge in [0, 0.05) is 54.2 Å². The van der Waals surface area contributed by atoms with Gasteiger partial charge in [-0.25, -0.2) is 0 Å². The molecule has 0 aliphatic carbocycles. The monoisotopic (exact) mass is 467 g/mol. The van der Waals surface area contributed by atoms with Crippen molar-refractivity contribution in [3.63, 3.8) is 0 Å². The van der Waals surface area contributed by atoms with E-state index in [2.05, 4.69) is 26.3 Å². The Kier molecular flexibility index (Phi) is 7.47. The van der Waals surface area contributed by atoms with Gasteiger partial charge in [0.05, 0.1) is 0 Å². The topological polar surface area (TPSA) is 78.1 Å². The predicted molar refractivity (Wildman–Crippen MR) is 144 cm³/mol. The minimum atomic E-state index is -0.106. The lowest BCUT2D eigenvalue weighted by molar-refractivity contribution is -0.114. The fraction of sp³-hybridized carbons (Fsp3) is 0.0741. The largest absolute Gasteiger partial charge is 0.381 e. The van der Waals surface area contributed by atoms with Crippen LogP contribution in [0, 0.1) is 0 Å². The summed E-state index contributed by atoms with van der Waals surface area (Å²) in [6.07, 6.45) is 3.57. The van der Waals surface area contributed by atoms with E-state index in [1.165, 1.54) is 12.5 Å². The highest BCUT2D eigenvalue weighted by molar-refractivity contribution is 7.80. The SMILES string of the molecule is CC(=O)Nc1ccccc1-c1cccc(NC(=S)Nc2ccc(NCc3ccncc3)cc2)c1. The van der Waals surface area contributed by atoms with Crippen molar-refractivity contribution in [2.45, 2.75) is 13.5 Å². The van der Waals surface area contributed by atoms with E-state index < -0.39 is 0 Å². The van der Waals surface area contributed by atoms with Gasteiger partial charge in [0.25, 0.3) is 0 Å². The number of aromatic nitrogens is 1. The molecule has 170 valence electrons. The number of carbonyl (C=O) groups is 1. The van der Waals surface area contributed by atoms with Crippen molar-refractivity contribution < 1.29 is 4.79 Å². The van der Waals surface area contributed by atoms with Crippen molar-refractivity contribution in [1.29, 1.82) is 0 Å². The summed E-state index contributed by atoms with van der Waals surface area (Å²) in [5.74, 6) is -0.106. The number of hydrogen-bond donors (Lipinski definition) is 4. The van der Waals surface area contributed by atoms with Crippen molar-refractivity contribution in [2.75, 3.05) is 21.3 Å². The molecule has 6 nitrogen and oxygen atoms in total. The molecule has 0 bridgehead atoms. The van der Waals surface area contributed by atoms with Crippen LogP contribution in [-0.4, -0.2) is 16.0 Å². The summed E-state index contributed by atoms with van der Waals surface area (Å²) < 4.78 is 0. The van der Waals surface area contributed by atoms with Crippen LogP contribution in [0.1, 0.15) is 12.5 Å². The maximum Gasteiger partial charge on any atom is 0.221 e. The molecule has 4 aromatic rings. The van der Waals surface area contributed by atoms with Crippen LogP contribution in [0.25, 0.3) is 11.1 Å². The van der Waals surface area contributed by atoms with Crippen molar-refractivity contribution in [1.82, 2.24) is 4.98 Å². The van der Waals surface area contributed by atoms with Gasteiger partial charge in [-0.15, -0.1) is 0 Å². The third-order valence-electron chi connectivity index (χ3n) is 5.06. The Bertz CT molecular complexity index is 1280. The molecule has 7 heteroatoms. The van der Waals surface area contributed by atoms with Crippen LogP contribution in [0.15, 0.2) is 97.3 Å². The van der Waals surface area contributed by atoms with Crippen LogP contribution >= 0.6 is 12.2 Å². The first-order valence-electron chi connectivity index (χ1n) is 10.8. The lowest BCUT2D eigenvalue weighted by atomic mass is 10.0. The maximum atomic E-state index is 11.6. The number of pyridine rings is 1. The van der Waals surface area contributed by atoms with Crippen molar-refractivity contribution in [2.24, 2.45) is 0 Å². The zero-order chi connectivity index (χ0) is 23.8. The number of amides is 1. The molecule has 4 N–H and O–H groups in total. The third-order valence-corrected chi connectivity index (χ3v) is 5.26. The first-order chi connectivity index (χ1) is 16.6. The van der Waals surface area contributed by atoms with Gasteiger partial charge in [-0.3, -0.25) is 9.78 Å². The Morgan fingerprint density at radius 1 is 0.794 bits per heavy atom. The summed E-state index contributed by atoms with van der Waals surface area (Å²) in [6, 6.07) is 27.5. The van der Waals surface area contributed by atoms with Crippen LogP contribution in [-0.2, 0) is 11.3 Å². The van der Waals surface area contributed by atoms with E-state index in [-0.39, 0.29) is 5.91 Å². The molecule has 0 radical (unpaired) electrons. The molecular formula is C27H25N5OS. The second-order valence-corrected chi connectivity index (χ2v) is 8.08. The number of nitrogens with zero attached hydrogens (tertiary/aromatic N) is 1.